The van der Waals surface area contributed by atoms with Crippen LogP contribution in [0.5, 0.6) is 11.5 Å². The second kappa shape index (κ2) is 10.3. The molecule has 0 radical (unpaired) electrons. The smallest absolute Gasteiger partial charge is 0.258 e. The highest BCUT2D eigenvalue weighted by atomic mass is 32.2. The van der Waals surface area contributed by atoms with Crippen molar-refractivity contribution in [2.75, 3.05) is 27.0 Å². The molecule has 0 spiro atoms. The summed E-state index contributed by atoms with van der Waals surface area (Å²) in [6, 6.07) is 13.6. The van der Waals surface area contributed by atoms with Gasteiger partial charge < -0.3 is 24.2 Å². The molecule has 1 N–H and O–H groups in total. The monoisotopic (exact) mass is 494 g/mol. The Morgan fingerprint density at radius 2 is 1.91 bits per heavy atom. The van der Waals surface area contributed by atoms with Crippen LogP contribution in [0.4, 0.5) is 0 Å². The van der Waals surface area contributed by atoms with Crippen LogP contribution in [0.1, 0.15) is 24.4 Å². The minimum Gasteiger partial charge on any atom is -0.493 e. The first kappa shape index (κ1) is 23.8. The van der Waals surface area contributed by atoms with Crippen LogP contribution in [0, 0.1) is 0 Å². The van der Waals surface area contributed by atoms with Crippen molar-refractivity contribution in [2.24, 2.45) is 0 Å². The van der Waals surface area contributed by atoms with Crippen LogP contribution in [0.15, 0.2) is 70.2 Å². The van der Waals surface area contributed by atoms with Crippen molar-refractivity contribution in [3.8, 4) is 22.9 Å². The van der Waals surface area contributed by atoms with Gasteiger partial charge in [0, 0.05) is 22.7 Å². The first-order valence-electron chi connectivity index (χ1n) is 10.6. The molecule has 0 bridgehead atoms. The zero-order chi connectivity index (χ0) is 24.2. The molecule has 1 atom stereocenters. The Labute approximate surface area is 208 Å². The van der Waals surface area contributed by atoms with Crippen molar-refractivity contribution in [3.63, 3.8) is 0 Å². The lowest BCUT2D eigenvalue weighted by Gasteiger charge is -2.36. The van der Waals surface area contributed by atoms with Gasteiger partial charge in [-0.2, -0.15) is 4.98 Å². The van der Waals surface area contributed by atoms with E-state index >= 15 is 0 Å². The summed E-state index contributed by atoms with van der Waals surface area (Å²) in [4.78, 5) is 7.91. The summed E-state index contributed by atoms with van der Waals surface area (Å²) >= 11 is 7.37. The van der Waals surface area contributed by atoms with E-state index < -0.39 is 0 Å². The van der Waals surface area contributed by atoms with Gasteiger partial charge in [0.1, 0.15) is 0 Å². The second-order valence-electron chi connectivity index (χ2n) is 7.55. The number of ether oxygens (including phenoxy) is 2. The molecule has 176 valence electrons. The van der Waals surface area contributed by atoms with Crippen molar-refractivity contribution >= 4 is 34.7 Å². The van der Waals surface area contributed by atoms with Crippen molar-refractivity contribution < 1.29 is 14.0 Å². The predicted molar refractivity (Wildman–Crippen MR) is 139 cm³/mol. The van der Waals surface area contributed by atoms with Crippen molar-refractivity contribution in [1.82, 2.24) is 20.4 Å². The first-order chi connectivity index (χ1) is 16.5. The van der Waals surface area contributed by atoms with Gasteiger partial charge in [-0.1, -0.05) is 23.4 Å². The van der Waals surface area contributed by atoms with Crippen LogP contribution in [0.25, 0.3) is 17.0 Å². The van der Waals surface area contributed by atoms with E-state index in [1.807, 2.05) is 36.1 Å². The van der Waals surface area contributed by atoms with Gasteiger partial charge in [0.25, 0.3) is 5.89 Å². The fraction of sp³-hybridized carbons (Fsp3) is 0.240. The number of nitrogens with one attached hydrogen (secondary N) is 1. The summed E-state index contributed by atoms with van der Waals surface area (Å²) in [5, 5.41) is 8.32. The van der Waals surface area contributed by atoms with Gasteiger partial charge in [-0.15, -0.1) is 18.3 Å². The first-order valence-corrected chi connectivity index (χ1v) is 12.2. The molecule has 34 heavy (non-hydrogen) atoms. The van der Waals surface area contributed by atoms with Gasteiger partial charge in [0.2, 0.25) is 5.82 Å². The van der Waals surface area contributed by atoms with Gasteiger partial charge in [0.15, 0.2) is 16.6 Å². The van der Waals surface area contributed by atoms with E-state index in [9.17, 15) is 0 Å². The van der Waals surface area contributed by atoms with Crippen LogP contribution < -0.4 is 14.8 Å². The summed E-state index contributed by atoms with van der Waals surface area (Å²) in [5.41, 5.74) is 3.62. The molecule has 0 aliphatic carbocycles. The van der Waals surface area contributed by atoms with Crippen LogP contribution in [0.3, 0.4) is 0 Å². The third-order valence-electron chi connectivity index (χ3n) is 5.66. The third kappa shape index (κ3) is 4.53. The fourth-order valence-electron chi connectivity index (χ4n) is 3.88. The number of hydrogen-bond acceptors (Lipinski definition) is 7. The minimum absolute atomic E-state index is 0.233. The average molecular weight is 495 g/mol. The molecular weight excluding hydrogens is 468 g/mol. The van der Waals surface area contributed by atoms with E-state index in [2.05, 4.69) is 47.6 Å². The van der Waals surface area contributed by atoms with Crippen LogP contribution in [-0.2, 0) is 0 Å². The lowest BCUT2D eigenvalue weighted by molar-refractivity contribution is 0.355. The quantitative estimate of drug-likeness (QED) is 0.254. The van der Waals surface area contributed by atoms with E-state index in [0.717, 1.165) is 22.4 Å². The van der Waals surface area contributed by atoms with Gasteiger partial charge in [-0.05, 0) is 61.3 Å². The molecule has 1 aliphatic rings. The molecule has 0 fully saturated rings. The molecule has 2 aromatic carbocycles. The molecule has 4 rings (SSSR count). The number of allylic oxidation sites excluding steroid dienone is 1. The zero-order valence-corrected chi connectivity index (χ0v) is 21.1. The van der Waals surface area contributed by atoms with E-state index in [1.165, 1.54) is 4.90 Å². The summed E-state index contributed by atoms with van der Waals surface area (Å²) in [5.74, 6) is 2.10. The van der Waals surface area contributed by atoms with E-state index in [-0.39, 0.29) is 6.04 Å². The average Bonchev–Trinajstić information content (AvgIpc) is 3.35. The van der Waals surface area contributed by atoms with Gasteiger partial charge in [-0.25, -0.2) is 0 Å². The second-order valence-corrected chi connectivity index (χ2v) is 8.81. The summed E-state index contributed by atoms with van der Waals surface area (Å²) in [7, 11) is 3.19. The molecule has 9 heteroatoms. The molecule has 1 aromatic heterocycles. The number of thiocarbonyl (C=S) groups is 1. The van der Waals surface area contributed by atoms with Crippen molar-refractivity contribution in [1.29, 1.82) is 0 Å². The van der Waals surface area contributed by atoms with E-state index in [0.29, 0.717) is 34.9 Å². The molecule has 2 heterocycles. The van der Waals surface area contributed by atoms with E-state index in [4.69, 9.17) is 31.2 Å². The Morgan fingerprint density at radius 1 is 1.18 bits per heavy atom. The van der Waals surface area contributed by atoms with E-state index in [1.54, 1.807) is 26.0 Å². The number of aromatic nitrogens is 2. The Bertz CT molecular complexity index is 1240. The minimum atomic E-state index is -0.233. The molecule has 3 aromatic rings. The number of nitrogens with zero attached hydrogens (tertiary/aromatic N) is 3. The van der Waals surface area contributed by atoms with Crippen LogP contribution in [-0.4, -0.2) is 47.2 Å². The molecule has 0 saturated heterocycles. The third-order valence-corrected chi connectivity index (χ3v) is 6.74. The van der Waals surface area contributed by atoms with Crippen molar-refractivity contribution in [3.05, 3.63) is 72.3 Å². The maximum atomic E-state index is 5.79. The Hall–Kier alpha value is -3.30. The predicted octanol–water partition coefficient (Wildman–Crippen LogP) is 5.32. The molecule has 7 nitrogen and oxygen atoms in total. The number of thioether (sulfide) groups is 1. The highest BCUT2D eigenvalue weighted by Crippen LogP contribution is 2.38. The van der Waals surface area contributed by atoms with Gasteiger partial charge >= 0.3 is 0 Å². The lowest BCUT2D eigenvalue weighted by atomic mass is 9.95. The number of rotatable bonds is 8. The normalized spacial score (nSPS) is 15.8. The highest BCUT2D eigenvalue weighted by Gasteiger charge is 2.33. The summed E-state index contributed by atoms with van der Waals surface area (Å²) in [6.07, 6.45) is 3.87. The maximum absolute atomic E-state index is 5.79. The molecule has 1 unspecified atom stereocenters. The van der Waals surface area contributed by atoms with Crippen molar-refractivity contribution in [2.45, 2.75) is 17.9 Å². The fourth-order valence-corrected chi connectivity index (χ4v) is 4.62. The molecule has 0 amide bonds. The zero-order valence-electron chi connectivity index (χ0n) is 19.5. The maximum Gasteiger partial charge on any atom is 0.258 e. The molecule has 1 aliphatic heterocycles. The standard InChI is InChI=1S/C25H26N4O3S2/c1-6-13-29-15(2)21(22(26-25(29)33)16-7-10-18(34-5)11-8-16)24-27-23(28-32-24)17-9-12-19(30-3)20(14-17)31-4/h6-12,14,22H,1,13H2,2-5H3,(H,26,33). The number of hydrogen-bond donors (Lipinski definition) is 1. The van der Waals surface area contributed by atoms with Crippen LogP contribution in [0.2, 0.25) is 0 Å². The molecule has 0 saturated carbocycles. The summed E-state index contributed by atoms with van der Waals surface area (Å²) < 4.78 is 16.5. The Kier molecular flexibility index (Phi) is 7.23. The molecular formula is C25H26N4O3S2. The van der Waals surface area contributed by atoms with Gasteiger partial charge in [-0.3, -0.25) is 0 Å². The van der Waals surface area contributed by atoms with Gasteiger partial charge in [0.05, 0.1) is 25.8 Å². The largest absolute Gasteiger partial charge is 0.493 e. The SMILES string of the molecule is C=CCN1C(=S)NC(c2ccc(SC)cc2)C(c2nc(-c3ccc(OC)c(OC)c3)no2)=C1C. The summed E-state index contributed by atoms with van der Waals surface area (Å²) in [6.45, 7) is 6.44. The number of benzene rings is 2. The lowest BCUT2D eigenvalue weighted by Crippen LogP contribution is -2.45. The number of methoxy groups -OCH3 is 2. The highest BCUT2D eigenvalue weighted by molar-refractivity contribution is 7.98. The van der Waals surface area contributed by atoms with Crippen LogP contribution >= 0.6 is 24.0 Å². The topological polar surface area (TPSA) is 72.7 Å². The Morgan fingerprint density at radius 3 is 2.56 bits per heavy atom. The Balaban J connectivity index is 1.79.